The Balaban J connectivity index is 1.63. The lowest BCUT2D eigenvalue weighted by molar-refractivity contribution is -0.384. The third-order valence-electron chi connectivity index (χ3n) is 5.95. The lowest BCUT2D eigenvalue weighted by atomic mass is 9.83. The van der Waals surface area contributed by atoms with Crippen LogP contribution in [0.4, 0.5) is 5.69 Å². The largest absolute Gasteiger partial charge is 0.493 e. The summed E-state index contributed by atoms with van der Waals surface area (Å²) in [6.07, 6.45) is 3.05. The number of carbonyl (C=O) groups is 1. The summed E-state index contributed by atoms with van der Waals surface area (Å²) in [5.74, 6) is -0.0652. The molecular weight excluding hydrogens is 474 g/mol. The predicted octanol–water partition coefficient (Wildman–Crippen LogP) is 5.60. The second-order valence-electron chi connectivity index (χ2n) is 8.41. The highest BCUT2D eigenvalue weighted by atomic mass is 16.6. The van der Waals surface area contributed by atoms with Crippen LogP contribution in [0.1, 0.15) is 53.6 Å². The molecule has 0 aliphatic carbocycles. The van der Waals surface area contributed by atoms with Crippen molar-refractivity contribution in [3.8, 4) is 23.3 Å². The van der Waals surface area contributed by atoms with Crippen LogP contribution in [-0.2, 0) is 0 Å². The summed E-state index contributed by atoms with van der Waals surface area (Å²) in [7, 11) is 0. The second-order valence-corrected chi connectivity index (χ2v) is 8.41. The van der Waals surface area contributed by atoms with Gasteiger partial charge in [-0.15, -0.1) is 0 Å². The quantitative estimate of drug-likeness (QED) is 0.132. The van der Waals surface area contributed by atoms with Gasteiger partial charge < -0.3 is 19.9 Å². The maximum atomic E-state index is 12.6. The number of hydrogen-bond donors (Lipinski definition) is 1. The van der Waals surface area contributed by atoms with Crippen LogP contribution in [0.15, 0.2) is 78.2 Å². The Morgan fingerprint density at radius 2 is 1.86 bits per heavy atom. The summed E-state index contributed by atoms with van der Waals surface area (Å²) >= 11 is 0. The predicted molar refractivity (Wildman–Crippen MR) is 135 cm³/mol. The number of unbranched alkanes of at least 4 members (excludes halogenated alkanes) is 2. The molecule has 1 unspecified atom stereocenters. The van der Waals surface area contributed by atoms with Crippen molar-refractivity contribution >= 4 is 11.7 Å². The Morgan fingerprint density at radius 3 is 2.57 bits per heavy atom. The molecule has 188 valence electrons. The van der Waals surface area contributed by atoms with Crippen molar-refractivity contribution in [2.45, 2.75) is 32.1 Å². The van der Waals surface area contributed by atoms with E-state index >= 15 is 0 Å². The van der Waals surface area contributed by atoms with E-state index in [9.17, 15) is 20.2 Å². The molecule has 0 bridgehead atoms. The van der Waals surface area contributed by atoms with E-state index in [1.54, 1.807) is 12.1 Å². The molecule has 1 aliphatic rings. The summed E-state index contributed by atoms with van der Waals surface area (Å²) in [6.45, 7) is 2.68. The van der Waals surface area contributed by atoms with Crippen molar-refractivity contribution in [3.63, 3.8) is 0 Å². The van der Waals surface area contributed by atoms with Crippen molar-refractivity contribution < 1.29 is 23.9 Å². The zero-order chi connectivity index (χ0) is 26.4. The van der Waals surface area contributed by atoms with Crippen molar-refractivity contribution in [3.05, 3.63) is 105 Å². The van der Waals surface area contributed by atoms with Gasteiger partial charge in [-0.1, -0.05) is 44.0 Å². The van der Waals surface area contributed by atoms with Gasteiger partial charge >= 0.3 is 5.97 Å². The highest BCUT2D eigenvalue weighted by molar-refractivity contribution is 5.91. The average molecular weight is 500 g/mol. The zero-order valence-electron chi connectivity index (χ0n) is 20.2. The number of nitriles is 1. The van der Waals surface area contributed by atoms with Crippen molar-refractivity contribution in [2.24, 2.45) is 5.73 Å². The van der Waals surface area contributed by atoms with E-state index in [1.807, 2.05) is 24.3 Å². The molecule has 37 heavy (non-hydrogen) atoms. The van der Waals surface area contributed by atoms with Crippen molar-refractivity contribution in [1.82, 2.24) is 0 Å². The summed E-state index contributed by atoms with van der Waals surface area (Å²) in [4.78, 5) is 22.9. The van der Waals surface area contributed by atoms with Crippen LogP contribution in [0.5, 0.6) is 17.2 Å². The molecule has 0 radical (unpaired) electrons. The van der Waals surface area contributed by atoms with E-state index in [-0.39, 0.29) is 28.5 Å². The van der Waals surface area contributed by atoms with E-state index in [0.717, 1.165) is 24.8 Å². The number of nitro benzene ring substituents is 1. The van der Waals surface area contributed by atoms with Gasteiger partial charge in [0.2, 0.25) is 5.88 Å². The maximum absolute atomic E-state index is 12.6. The lowest BCUT2D eigenvalue weighted by Gasteiger charge is -2.28. The first-order valence-corrected chi connectivity index (χ1v) is 11.8. The number of hydrogen-bond acceptors (Lipinski definition) is 8. The fraction of sp³-hybridized carbons (Fsp3) is 0.214. The number of para-hydroxylation sites is 1. The Hall–Kier alpha value is -4.84. The van der Waals surface area contributed by atoms with Crippen molar-refractivity contribution in [1.29, 1.82) is 5.26 Å². The fourth-order valence-electron chi connectivity index (χ4n) is 4.09. The first kappa shape index (κ1) is 25.3. The van der Waals surface area contributed by atoms with E-state index in [4.69, 9.17) is 19.9 Å². The molecule has 0 aromatic heterocycles. The van der Waals surface area contributed by atoms with Gasteiger partial charge in [0.1, 0.15) is 28.9 Å². The molecule has 0 spiro atoms. The molecule has 3 aromatic carbocycles. The molecular formula is C28H25N3O6. The monoisotopic (exact) mass is 499 g/mol. The minimum Gasteiger partial charge on any atom is -0.493 e. The standard InChI is InChI=1S/C28H25N3O6/c1-2-3-6-15-35-24-8-5-4-7-21(24)26-22-14-13-20(16-25(22)37-27(30)23(26)17-29)36-28(32)18-9-11-19(12-10-18)31(33)34/h4-5,7-14,16,26H,2-3,6,15,30H2,1H3. The van der Waals surface area contributed by atoms with Crippen LogP contribution in [0.25, 0.3) is 0 Å². The Morgan fingerprint density at radius 1 is 1.11 bits per heavy atom. The van der Waals surface area contributed by atoms with Gasteiger partial charge in [-0.25, -0.2) is 4.79 Å². The molecule has 9 nitrogen and oxygen atoms in total. The zero-order valence-corrected chi connectivity index (χ0v) is 20.2. The number of nitrogens with zero attached hydrogens (tertiary/aromatic N) is 2. The van der Waals surface area contributed by atoms with E-state index in [1.165, 1.54) is 30.3 Å². The summed E-state index contributed by atoms with van der Waals surface area (Å²) in [5, 5.41) is 20.7. The van der Waals surface area contributed by atoms with E-state index in [0.29, 0.717) is 23.7 Å². The number of rotatable bonds is 9. The molecule has 0 fully saturated rings. The van der Waals surface area contributed by atoms with Crippen molar-refractivity contribution in [2.75, 3.05) is 6.61 Å². The Bertz CT molecular complexity index is 1390. The van der Waals surface area contributed by atoms with Crippen LogP contribution in [0.3, 0.4) is 0 Å². The summed E-state index contributed by atoms with van der Waals surface area (Å²) in [5.41, 5.74) is 7.86. The minimum atomic E-state index is -0.686. The van der Waals surface area contributed by atoms with Gasteiger partial charge in [-0.3, -0.25) is 10.1 Å². The van der Waals surface area contributed by atoms with Gasteiger partial charge in [0, 0.05) is 29.3 Å². The van der Waals surface area contributed by atoms with Gasteiger partial charge in [-0.05, 0) is 30.7 Å². The third kappa shape index (κ3) is 5.54. The highest BCUT2D eigenvalue weighted by Gasteiger charge is 2.33. The van der Waals surface area contributed by atoms with Crippen LogP contribution in [0.2, 0.25) is 0 Å². The summed E-state index contributed by atoms with van der Waals surface area (Å²) in [6, 6.07) is 19.6. The van der Waals surface area contributed by atoms with Gasteiger partial charge in [-0.2, -0.15) is 5.26 Å². The number of nitrogens with two attached hydrogens (primary N) is 1. The summed E-state index contributed by atoms with van der Waals surface area (Å²) < 4.78 is 17.3. The number of allylic oxidation sites excluding steroid dienone is 1. The van der Waals surface area contributed by atoms with E-state index < -0.39 is 16.8 Å². The minimum absolute atomic E-state index is 0.0420. The normalized spacial score (nSPS) is 14.2. The number of ether oxygens (including phenoxy) is 3. The van der Waals surface area contributed by atoms with Crippen LogP contribution in [-0.4, -0.2) is 17.5 Å². The maximum Gasteiger partial charge on any atom is 0.343 e. The third-order valence-corrected chi connectivity index (χ3v) is 5.95. The Kier molecular flexibility index (Phi) is 7.69. The van der Waals surface area contributed by atoms with Crippen LogP contribution >= 0.6 is 0 Å². The number of carbonyl (C=O) groups excluding carboxylic acids is 1. The van der Waals surface area contributed by atoms with Gasteiger partial charge in [0.25, 0.3) is 5.69 Å². The van der Waals surface area contributed by atoms with Crippen LogP contribution in [0, 0.1) is 21.4 Å². The molecule has 0 saturated carbocycles. The molecule has 1 aliphatic heterocycles. The Labute approximate surface area is 213 Å². The molecule has 0 amide bonds. The number of non-ortho nitro benzene ring substituents is 1. The van der Waals surface area contributed by atoms with E-state index in [2.05, 4.69) is 13.0 Å². The number of benzene rings is 3. The molecule has 3 aromatic rings. The fourth-order valence-corrected chi connectivity index (χ4v) is 4.09. The molecule has 4 rings (SSSR count). The van der Waals surface area contributed by atoms with Crippen LogP contribution < -0.4 is 19.9 Å². The smallest absolute Gasteiger partial charge is 0.343 e. The molecule has 0 saturated heterocycles. The molecule has 2 N–H and O–H groups in total. The van der Waals surface area contributed by atoms with Gasteiger partial charge in [0.15, 0.2) is 0 Å². The number of nitro groups is 1. The number of esters is 1. The first-order chi connectivity index (χ1) is 17.9. The highest BCUT2D eigenvalue weighted by Crippen LogP contribution is 2.46. The van der Waals surface area contributed by atoms with Gasteiger partial charge in [0.05, 0.1) is 23.0 Å². The first-order valence-electron chi connectivity index (χ1n) is 11.8. The molecule has 1 atom stereocenters. The molecule has 1 heterocycles. The average Bonchev–Trinajstić information content (AvgIpc) is 2.90. The topological polar surface area (TPSA) is 138 Å². The second kappa shape index (κ2) is 11.3. The SMILES string of the molecule is CCCCCOc1ccccc1C1C(C#N)=C(N)Oc2cc(OC(=O)c3ccc([N+](=O)[O-])cc3)ccc21. The lowest BCUT2D eigenvalue weighted by Crippen LogP contribution is -2.21. The molecule has 9 heteroatoms. The number of fused-ring (bicyclic) bond motifs is 1.